The van der Waals surface area contributed by atoms with Crippen molar-refractivity contribution < 1.29 is 24.1 Å². The van der Waals surface area contributed by atoms with E-state index >= 15 is 0 Å². The Bertz CT molecular complexity index is 1500. The molecule has 0 unspecified atom stereocenters. The van der Waals surface area contributed by atoms with Crippen molar-refractivity contribution in [1.29, 1.82) is 0 Å². The van der Waals surface area contributed by atoms with Gasteiger partial charge in [-0.3, -0.25) is 0 Å². The third kappa shape index (κ3) is 7.93. The number of aliphatic hydroxyl groups is 2. The predicted octanol–water partition coefficient (Wildman–Crippen LogP) is 6.38. The number of hydrogen-bond donors (Lipinski definition) is 4. The van der Waals surface area contributed by atoms with E-state index in [1.54, 1.807) is 36.4 Å². The minimum absolute atomic E-state index is 0.101. The molecule has 4 aromatic carbocycles. The molecule has 0 saturated carbocycles. The third-order valence-corrected chi connectivity index (χ3v) is 6.96. The molecule has 0 heterocycles. The highest BCUT2D eigenvalue weighted by Gasteiger charge is 2.15. The van der Waals surface area contributed by atoms with Crippen molar-refractivity contribution in [2.45, 2.75) is 25.9 Å². The van der Waals surface area contributed by atoms with Gasteiger partial charge >= 0.3 is 0 Å². The number of benzene rings is 4. The number of nitrogens with one attached hydrogen (secondary N) is 1. The molecular formula is C30H28Cl2FN3O5. The summed E-state index contributed by atoms with van der Waals surface area (Å²) in [6, 6.07) is 19.7. The molecule has 0 spiro atoms. The molecule has 0 aliphatic heterocycles. The van der Waals surface area contributed by atoms with E-state index in [1.807, 2.05) is 18.2 Å². The van der Waals surface area contributed by atoms with Crippen LogP contribution in [-0.2, 0) is 19.8 Å². The second-order valence-electron chi connectivity index (χ2n) is 9.21. The van der Waals surface area contributed by atoms with E-state index in [0.717, 1.165) is 11.1 Å². The van der Waals surface area contributed by atoms with E-state index in [9.17, 15) is 14.4 Å². The summed E-state index contributed by atoms with van der Waals surface area (Å²) < 4.78 is 25.5. The number of nitrogen functional groups attached to an aromatic ring is 1. The number of rotatable bonds is 13. The van der Waals surface area contributed by atoms with Gasteiger partial charge in [-0.05, 0) is 46.6 Å². The molecule has 0 aliphatic rings. The van der Waals surface area contributed by atoms with E-state index in [0.29, 0.717) is 38.2 Å². The molecule has 5 N–H and O–H groups in total. The standard InChI is InChI=1S/C30H28Cl2FN3O5/c31-25-11-21(13-35-14-23(38)15-37)28(40-16-18-4-9-27(36-39)26(34)10-18)12-29(25)41-17-20-2-1-3-24(30(20)32)19-5-7-22(33)8-6-19/h1-12,23,35,37-38H,13-17,34H2/t23-/m0/s1. The van der Waals surface area contributed by atoms with Crippen LogP contribution in [0.1, 0.15) is 16.7 Å². The SMILES string of the molecule is Nc1cc(COc2cc(OCc3cccc(-c4ccc(F)cc4)c3Cl)c(Cl)cc2CNC[C@H](O)CO)ccc1N=O. The molecule has 0 amide bonds. The van der Waals surface area contributed by atoms with E-state index in [2.05, 4.69) is 10.5 Å². The minimum Gasteiger partial charge on any atom is -0.488 e. The fraction of sp³-hybridized carbons (Fsp3) is 0.200. The van der Waals surface area contributed by atoms with Crippen LogP contribution < -0.4 is 20.5 Å². The molecule has 0 aromatic heterocycles. The van der Waals surface area contributed by atoms with E-state index in [4.69, 9.17) is 43.5 Å². The molecule has 4 aromatic rings. The van der Waals surface area contributed by atoms with E-state index in [-0.39, 0.29) is 50.1 Å². The second-order valence-corrected chi connectivity index (χ2v) is 9.99. The van der Waals surface area contributed by atoms with Crippen molar-refractivity contribution in [1.82, 2.24) is 5.32 Å². The van der Waals surface area contributed by atoms with Gasteiger partial charge in [0.1, 0.15) is 36.2 Å². The highest BCUT2D eigenvalue weighted by Crippen LogP contribution is 2.36. The van der Waals surface area contributed by atoms with Crippen LogP contribution >= 0.6 is 23.2 Å². The van der Waals surface area contributed by atoms with Crippen LogP contribution in [0.15, 0.2) is 78.0 Å². The first-order valence-electron chi connectivity index (χ1n) is 12.6. The number of halogens is 3. The molecule has 0 saturated heterocycles. The smallest absolute Gasteiger partial charge is 0.142 e. The van der Waals surface area contributed by atoms with Crippen LogP contribution in [0, 0.1) is 10.7 Å². The Morgan fingerprint density at radius 2 is 1.71 bits per heavy atom. The Morgan fingerprint density at radius 3 is 2.41 bits per heavy atom. The summed E-state index contributed by atoms with van der Waals surface area (Å²) in [6.07, 6.45) is -0.916. The van der Waals surface area contributed by atoms with Gasteiger partial charge in [-0.2, -0.15) is 0 Å². The highest BCUT2D eigenvalue weighted by atomic mass is 35.5. The monoisotopic (exact) mass is 599 g/mol. The van der Waals surface area contributed by atoms with Crippen molar-refractivity contribution >= 4 is 34.6 Å². The normalized spacial score (nSPS) is 11.7. The summed E-state index contributed by atoms with van der Waals surface area (Å²) in [6.45, 7) is 0.299. The van der Waals surface area contributed by atoms with Crippen LogP contribution in [0.3, 0.4) is 0 Å². The van der Waals surface area contributed by atoms with Crippen LogP contribution in [-0.4, -0.2) is 29.5 Å². The fourth-order valence-corrected chi connectivity index (χ4v) is 4.56. The maximum atomic E-state index is 13.4. The molecule has 0 radical (unpaired) electrons. The van der Waals surface area contributed by atoms with Crippen LogP contribution in [0.5, 0.6) is 11.5 Å². The Morgan fingerprint density at radius 1 is 0.951 bits per heavy atom. The Kier molecular flexibility index (Phi) is 10.5. The zero-order chi connectivity index (χ0) is 29.4. The summed E-state index contributed by atoms with van der Waals surface area (Å²) in [7, 11) is 0. The highest BCUT2D eigenvalue weighted by molar-refractivity contribution is 6.34. The molecule has 4 rings (SSSR count). The molecule has 41 heavy (non-hydrogen) atoms. The van der Waals surface area contributed by atoms with Crippen LogP contribution in [0.2, 0.25) is 10.0 Å². The van der Waals surface area contributed by atoms with Crippen LogP contribution in [0.25, 0.3) is 11.1 Å². The maximum absolute atomic E-state index is 13.4. The van der Waals surface area contributed by atoms with Crippen molar-refractivity contribution in [3.8, 4) is 22.6 Å². The van der Waals surface area contributed by atoms with Crippen molar-refractivity contribution in [3.05, 3.63) is 110 Å². The average molecular weight is 600 g/mol. The molecule has 0 aliphatic carbocycles. The average Bonchev–Trinajstić information content (AvgIpc) is 2.97. The third-order valence-electron chi connectivity index (χ3n) is 6.22. The first-order valence-corrected chi connectivity index (χ1v) is 13.4. The fourth-order valence-electron chi connectivity index (χ4n) is 4.03. The molecular weight excluding hydrogens is 572 g/mol. The lowest BCUT2D eigenvalue weighted by Crippen LogP contribution is -2.29. The van der Waals surface area contributed by atoms with Gasteiger partial charge < -0.3 is 30.7 Å². The Labute approximate surface area is 246 Å². The van der Waals surface area contributed by atoms with Gasteiger partial charge in [-0.1, -0.05) is 59.6 Å². The van der Waals surface area contributed by atoms with Gasteiger partial charge in [-0.25, -0.2) is 4.39 Å². The summed E-state index contributed by atoms with van der Waals surface area (Å²) >= 11 is 13.2. The molecule has 214 valence electrons. The first-order chi connectivity index (χ1) is 19.8. The van der Waals surface area contributed by atoms with Gasteiger partial charge in [-0.15, -0.1) is 4.91 Å². The Balaban J connectivity index is 1.55. The zero-order valence-electron chi connectivity index (χ0n) is 21.8. The van der Waals surface area contributed by atoms with Crippen LogP contribution in [0.4, 0.5) is 15.8 Å². The number of aliphatic hydroxyl groups excluding tert-OH is 2. The second kappa shape index (κ2) is 14.2. The maximum Gasteiger partial charge on any atom is 0.142 e. The number of anilines is 1. The summed E-state index contributed by atoms with van der Waals surface area (Å²) in [5, 5.41) is 25.5. The molecule has 1 atom stereocenters. The number of nitroso groups, excluding NO2 is 1. The quantitative estimate of drug-likeness (QED) is 0.104. The van der Waals surface area contributed by atoms with Gasteiger partial charge in [0.05, 0.1) is 28.4 Å². The largest absolute Gasteiger partial charge is 0.488 e. The summed E-state index contributed by atoms with van der Waals surface area (Å²) in [4.78, 5) is 10.8. The Hall–Kier alpha value is -3.73. The number of nitrogens with two attached hydrogens (primary N) is 1. The first kappa shape index (κ1) is 30.2. The lowest BCUT2D eigenvalue weighted by molar-refractivity contribution is 0.0941. The number of nitrogens with zero attached hydrogens (tertiary/aromatic N) is 1. The molecule has 0 bridgehead atoms. The number of hydrogen-bond acceptors (Lipinski definition) is 8. The van der Waals surface area contributed by atoms with Gasteiger partial charge in [0.25, 0.3) is 0 Å². The lowest BCUT2D eigenvalue weighted by Gasteiger charge is -2.17. The molecule has 0 fully saturated rings. The van der Waals surface area contributed by atoms with Crippen molar-refractivity contribution in [2.24, 2.45) is 5.18 Å². The lowest BCUT2D eigenvalue weighted by atomic mass is 10.0. The zero-order valence-corrected chi connectivity index (χ0v) is 23.3. The van der Waals surface area contributed by atoms with Crippen molar-refractivity contribution in [2.75, 3.05) is 18.9 Å². The van der Waals surface area contributed by atoms with Gasteiger partial charge in [0.15, 0.2) is 0 Å². The topological polar surface area (TPSA) is 126 Å². The van der Waals surface area contributed by atoms with Crippen molar-refractivity contribution in [3.63, 3.8) is 0 Å². The van der Waals surface area contributed by atoms with Gasteiger partial charge in [0.2, 0.25) is 0 Å². The summed E-state index contributed by atoms with van der Waals surface area (Å²) in [5.41, 5.74) is 9.87. The van der Waals surface area contributed by atoms with E-state index < -0.39 is 6.10 Å². The minimum atomic E-state index is -0.916. The molecule has 11 heteroatoms. The van der Waals surface area contributed by atoms with E-state index in [1.165, 1.54) is 18.2 Å². The summed E-state index contributed by atoms with van der Waals surface area (Å²) in [5.74, 6) is 0.473. The number of ether oxygens (including phenoxy) is 2. The predicted molar refractivity (Wildman–Crippen MR) is 158 cm³/mol. The van der Waals surface area contributed by atoms with Gasteiger partial charge in [0, 0.05) is 35.8 Å². The molecule has 8 nitrogen and oxygen atoms in total.